The lowest BCUT2D eigenvalue weighted by Crippen LogP contribution is -2.36. The third-order valence-corrected chi connectivity index (χ3v) is 2.64. The summed E-state index contributed by atoms with van der Waals surface area (Å²) < 4.78 is 0. The van der Waals surface area contributed by atoms with E-state index < -0.39 is 5.97 Å². The standard InChI is InChI=1S/C12H16ClNO2/c1-8(2)14(7-12(15)16)11-6-10(13)5-4-9(11)3/h4-6,8H,7H2,1-3H3,(H,15,16). The zero-order chi connectivity index (χ0) is 12.3. The number of anilines is 1. The molecule has 0 fully saturated rings. The van der Waals surface area contributed by atoms with Gasteiger partial charge in [-0.15, -0.1) is 0 Å². The molecule has 0 unspecified atom stereocenters. The fraction of sp³-hybridized carbons (Fsp3) is 0.417. The number of aryl methyl sites for hydroxylation is 1. The number of carboxylic acid groups (broad SMARTS) is 1. The predicted octanol–water partition coefficient (Wildman–Crippen LogP) is 2.95. The average Bonchev–Trinajstić information content (AvgIpc) is 2.18. The van der Waals surface area contributed by atoms with Gasteiger partial charge in [0.1, 0.15) is 6.54 Å². The Morgan fingerprint density at radius 2 is 2.12 bits per heavy atom. The van der Waals surface area contributed by atoms with Crippen LogP contribution in [-0.2, 0) is 4.79 Å². The first-order valence-electron chi connectivity index (χ1n) is 5.16. The van der Waals surface area contributed by atoms with E-state index in [1.165, 1.54) is 0 Å². The second kappa shape index (κ2) is 5.21. The smallest absolute Gasteiger partial charge is 0.323 e. The molecule has 16 heavy (non-hydrogen) atoms. The molecule has 0 spiro atoms. The second-order valence-electron chi connectivity index (χ2n) is 4.05. The van der Waals surface area contributed by atoms with E-state index in [0.29, 0.717) is 5.02 Å². The number of halogens is 1. The van der Waals surface area contributed by atoms with E-state index in [2.05, 4.69) is 0 Å². The molecule has 4 heteroatoms. The van der Waals surface area contributed by atoms with Crippen LogP contribution in [0.5, 0.6) is 0 Å². The Hall–Kier alpha value is -1.22. The van der Waals surface area contributed by atoms with Gasteiger partial charge in [-0.3, -0.25) is 4.79 Å². The van der Waals surface area contributed by atoms with Gasteiger partial charge in [0.05, 0.1) is 0 Å². The van der Waals surface area contributed by atoms with Crippen molar-refractivity contribution in [1.29, 1.82) is 0 Å². The maximum atomic E-state index is 10.8. The first-order valence-corrected chi connectivity index (χ1v) is 5.54. The van der Waals surface area contributed by atoms with Crippen molar-refractivity contribution in [2.45, 2.75) is 26.8 Å². The van der Waals surface area contributed by atoms with Crippen LogP contribution in [0.3, 0.4) is 0 Å². The van der Waals surface area contributed by atoms with Gasteiger partial charge in [0.2, 0.25) is 0 Å². The zero-order valence-electron chi connectivity index (χ0n) is 9.70. The van der Waals surface area contributed by atoms with Crippen LogP contribution in [0.25, 0.3) is 0 Å². The van der Waals surface area contributed by atoms with Crippen LogP contribution in [0.15, 0.2) is 18.2 Å². The highest BCUT2D eigenvalue weighted by Crippen LogP contribution is 2.25. The van der Waals surface area contributed by atoms with Crippen molar-refractivity contribution in [3.05, 3.63) is 28.8 Å². The van der Waals surface area contributed by atoms with Crippen LogP contribution in [0.4, 0.5) is 5.69 Å². The summed E-state index contributed by atoms with van der Waals surface area (Å²) in [7, 11) is 0. The Bertz CT molecular complexity index is 391. The summed E-state index contributed by atoms with van der Waals surface area (Å²) in [6.07, 6.45) is 0. The molecule has 0 atom stereocenters. The Balaban J connectivity index is 3.09. The molecule has 0 heterocycles. The van der Waals surface area contributed by atoms with Gasteiger partial charge in [0, 0.05) is 16.8 Å². The van der Waals surface area contributed by atoms with Crippen LogP contribution in [0.1, 0.15) is 19.4 Å². The Morgan fingerprint density at radius 1 is 1.50 bits per heavy atom. The van der Waals surface area contributed by atoms with E-state index in [9.17, 15) is 4.79 Å². The quantitative estimate of drug-likeness (QED) is 0.881. The molecule has 1 aromatic rings. The topological polar surface area (TPSA) is 40.5 Å². The fourth-order valence-electron chi connectivity index (χ4n) is 1.58. The van der Waals surface area contributed by atoms with E-state index >= 15 is 0 Å². The Labute approximate surface area is 101 Å². The maximum Gasteiger partial charge on any atom is 0.323 e. The Morgan fingerprint density at radius 3 is 2.62 bits per heavy atom. The van der Waals surface area contributed by atoms with Crippen LogP contribution >= 0.6 is 11.6 Å². The molecule has 0 bridgehead atoms. The predicted molar refractivity (Wildman–Crippen MR) is 66.3 cm³/mol. The SMILES string of the molecule is Cc1ccc(Cl)cc1N(CC(=O)O)C(C)C. The molecule has 0 aromatic heterocycles. The highest BCUT2D eigenvalue weighted by Gasteiger charge is 2.16. The van der Waals surface area contributed by atoms with Crippen LogP contribution in [0, 0.1) is 6.92 Å². The number of carbonyl (C=O) groups is 1. The van der Waals surface area contributed by atoms with E-state index in [0.717, 1.165) is 11.3 Å². The summed E-state index contributed by atoms with van der Waals surface area (Å²) >= 11 is 5.93. The molecule has 88 valence electrons. The van der Waals surface area contributed by atoms with E-state index in [-0.39, 0.29) is 12.6 Å². The third kappa shape index (κ3) is 3.14. The molecular weight excluding hydrogens is 226 g/mol. The summed E-state index contributed by atoms with van der Waals surface area (Å²) in [4.78, 5) is 12.6. The number of hydrogen-bond acceptors (Lipinski definition) is 2. The molecule has 0 aliphatic rings. The molecule has 1 rings (SSSR count). The van der Waals surface area contributed by atoms with Crippen molar-refractivity contribution in [3.63, 3.8) is 0 Å². The van der Waals surface area contributed by atoms with Crippen molar-refractivity contribution in [3.8, 4) is 0 Å². The fourth-order valence-corrected chi connectivity index (χ4v) is 1.75. The minimum absolute atomic E-state index is 0.0150. The maximum absolute atomic E-state index is 10.8. The minimum atomic E-state index is -0.840. The van der Waals surface area contributed by atoms with Crippen molar-refractivity contribution in [1.82, 2.24) is 0 Å². The molecule has 0 aliphatic heterocycles. The lowest BCUT2D eigenvalue weighted by Gasteiger charge is -2.28. The van der Waals surface area contributed by atoms with Crippen molar-refractivity contribution >= 4 is 23.3 Å². The van der Waals surface area contributed by atoms with Crippen molar-refractivity contribution in [2.75, 3.05) is 11.4 Å². The number of nitrogens with zero attached hydrogens (tertiary/aromatic N) is 1. The van der Waals surface area contributed by atoms with Gasteiger partial charge in [-0.1, -0.05) is 17.7 Å². The molecule has 1 aromatic carbocycles. The number of rotatable bonds is 4. The van der Waals surface area contributed by atoms with E-state index in [1.54, 1.807) is 12.1 Å². The molecule has 1 N–H and O–H groups in total. The minimum Gasteiger partial charge on any atom is -0.480 e. The van der Waals surface area contributed by atoms with Crippen LogP contribution in [0.2, 0.25) is 5.02 Å². The van der Waals surface area contributed by atoms with Crippen LogP contribution < -0.4 is 4.90 Å². The summed E-state index contributed by atoms with van der Waals surface area (Å²) in [5.74, 6) is -0.840. The molecular formula is C12H16ClNO2. The molecule has 0 saturated heterocycles. The zero-order valence-corrected chi connectivity index (χ0v) is 10.5. The summed E-state index contributed by atoms with van der Waals surface area (Å²) in [6, 6.07) is 5.63. The summed E-state index contributed by atoms with van der Waals surface area (Å²) in [5, 5.41) is 9.50. The van der Waals surface area contributed by atoms with Gasteiger partial charge in [0.25, 0.3) is 0 Å². The van der Waals surface area contributed by atoms with Crippen LogP contribution in [-0.4, -0.2) is 23.7 Å². The molecule has 3 nitrogen and oxygen atoms in total. The van der Waals surface area contributed by atoms with Gasteiger partial charge in [-0.05, 0) is 38.5 Å². The lowest BCUT2D eigenvalue weighted by molar-refractivity contribution is -0.135. The highest BCUT2D eigenvalue weighted by molar-refractivity contribution is 6.30. The largest absolute Gasteiger partial charge is 0.480 e. The number of benzene rings is 1. The first-order chi connectivity index (χ1) is 7.41. The summed E-state index contributed by atoms with van der Waals surface area (Å²) in [5.41, 5.74) is 1.91. The number of aliphatic carboxylic acids is 1. The van der Waals surface area contributed by atoms with Gasteiger partial charge >= 0.3 is 5.97 Å². The highest BCUT2D eigenvalue weighted by atomic mass is 35.5. The number of hydrogen-bond donors (Lipinski definition) is 1. The molecule has 0 amide bonds. The Kier molecular flexibility index (Phi) is 4.19. The van der Waals surface area contributed by atoms with E-state index in [1.807, 2.05) is 31.7 Å². The lowest BCUT2D eigenvalue weighted by atomic mass is 10.1. The molecule has 0 aliphatic carbocycles. The monoisotopic (exact) mass is 241 g/mol. The van der Waals surface area contributed by atoms with Crippen molar-refractivity contribution in [2.24, 2.45) is 0 Å². The average molecular weight is 242 g/mol. The van der Waals surface area contributed by atoms with Gasteiger partial charge in [-0.25, -0.2) is 0 Å². The van der Waals surface area contributed by atoms with Gasteiger partial charge < -0.3 is 10.0 Å². The molecule has 0 radical (unpaired) electrons. The van der Waals surface area contributed by atoms with Crippen molar-refractivity contribution < 1.29 is 9.90 Å². The number of carboxylic acids is 1. The third-order valence-electron chi connectivity index (χ3n) is 2.41. The molecule has 0 saturated carbocycles. The van der Waals surface area contributed by atoms with Gasteiger partial charge in [-0.2, -0.15) is 0 Å². The summed E-state index contributed by atoms with van der Waals surface area (Å²) in [6.45, 7) is 5.86. The normalized spacial score (nSPS) is 10.6. The first kappa shape index (κ1) is 12.8. The van der Waals surface area contributed by atoms with E-state index in [4.69, 9.17) is 16.7 Å². The second-order valence-corrected chi connectivity index (χ2v) is 4.48. The van der Waals surface area contributed by atoms with Gasteiger partial charge in [0.15, 0.2) is 0 Å².